The molecule has 19 heavy (non-hydrogen) atoms. The molecule has 0 fully saturated rings. The van der Waals surface area contributed by atoms with Gasteiger partial charge in [0.2, 0.25) is 0 Å². The number of nitrogens with one attached hydrogen (secondary N) is 1. The first kappa shape index (κ1) is 14.3. The summed E-state index contributed by atoms with van der Waals surface area (Å²) < 4.78 is 1.88. The number of aromatic nitrogens is 2. The molecule has 0 spiro atoms. The number of rotatable bonds is 5. The highest BCUT2D eigenvalue weighted by Gasteiger charge is 2.23. The van der Waals surface area contributed by atoms with Crippen molar-refractivity contribution in [3.05, 3.63) is 39.8 Å². The first-order valence-corrected chi connectivity index (χ1v) is 7.55. The third-order valence-electron chi connectivity index (χ3n) is 3.56. The molecular weight excluding hydrogens is 254 g/mol. The van der Waals surface area contributed by atoms with Crippen molar-refractivity contribution in [1.29, 1.82) is 0 Å². The van der Waals surface area contributed by atoms with Crippen LogP contribution in [0.15, 0.2) is 23.7 Å². The zero-order chi connectivity index (χ0) is 14.0. The van der Waals surface area contributed by atoms with E-state index in [4.69, 9.17) is 0 Å². The van der Waals surface area contributed by atoms with Crippen LogP contribution in [0, 0.1) is 6.92 Å². The normalized spacial score (nSPS) is 13.7. The van der Waals surface area contributed by atoms with E-state index in [1.165, 1.54) is 10.4 Å². The van der Waals surface area contributed by atoms with E-state index in [-0.39, 0.29) is 5.41 Å². The second-order valence-electron chi connectivity index (χ2n) is 5.81. The summed E-state index contributed by atoms with van der Waals surface area (Å²) in [5.74, 6) is 0. The minimum Gasteiger partial charge on any atom is -0.309 e. The molecule has 0 aliphatic heterocycles. The van der Waals surface area contributed by atoms with Gasteiger partial charge in [-0.25, -0.2) is 0 Å². The molecule has 0 aliphatic rings. The van der Waals surface area contributed by atoms with Crippen molar-refractivity contribution in [2.75, 3.05) is 6.54 Å². The molecule has 0 aliphatic carbocycles. The second kappa shape index (κ2) is 5.47. The van der Waals surface area contributed by atoms with Crippen molar-refractivity contribution in [3.63, 3.8) is 0 Å². The minimum absolute atomic E-state index is 0.165. The zero-order valence-electron chi connectivity index (χ0n) is 12.4. The van der Waals surface area contributed by atoms with Crippen molar-refractivity contribution in [2.45, 2.75) is 39.2 Å². The van der Waals surface area contributed by atoms with Crippen LogP contribution in [0.5, 0.6) is 0 Å². The standard InChI is InChI=1S/C15H23N3S/c1-11(13-9-18(5)17-12(13)2)16-10-15(3,4)14-7-6-8-19-14/h6-9,11,16H,10H2,1-5H3. The molecule has 0 saturated heterocycles. The van der Waals surface area contributed by atoms with Gasteiger partial charge in [-0.05, 0) is 25.3 Å². The molecule has 104 valence electrons. The summed E-state index contributed by atoms with van der Waals surface area (Å²) in [7, 11) is 1.97. The Morgan fingerprint density at radius 1 is 1.47 bits per heavy atom. The van der Waals surface area contributed by atoms with E-state index >= 15 is 0 Å². The maximum absolute atomic E-state index is 4.41. The molecule has 2 aromatic rings. The fourth-order valence-electron chi connectivity index (χ4n) is 2.31. The Bertz CT molecular complexity index is 526. The molecule has 0 amide bonds. The van der Waals surface area contributed by atoms with Crippen LogP contribution in [0.4, 0.5) is 0 Å². The van der Waals surface area contributed by atoms with E-state index < -0.39 is 0 Å². The Balaban J connectivity index is 2.01. The SMILES string of the molecule is Cc1nn(C)cc1C(C)NCC(C)(C)c1cccs1. The molecule has 1 atom stereocenters. The molecule has 0 aromatic carbocycles. The van der Waals surface area contributed by atoms with Crippen molar-refractivity contribution in [2.24, 2.45) is 7.05 Å². The van der Waals surface area contributed by atoms with E-state index in [0.29, 0.717) is 6.04 Å². The Morgan fingerprint density at radius 2 is 2.21 bits per heavy atom. The molecule has 0 bridgehead atoms. The zero-order valence-corrected chi connectivity index (χ0v) is 13.2. The maximum Gasteiger partial charge on any atom is 0.0641 e. The van der Waals surface area contributed by atoms with Crippen molar-refractivity contribution in [1.82, 2.24) is 15.1 Å². The first-order chi connectivity index (χ1) is 8.90. The molecule has 0 radical (unpaired) electrons. The Morgan fingerprint density at radius 3 is 2.74 bits per heavy atom. The fourth-order valence-corrected chi connectivity index (χ4v) is 3.16. The second-order valence-corrected chi connectivity index (χ2v) is 6.75. The van der Waals surface area contributed by atoms with Gasteiger partial charge in [-0.2, -0.15) is 5.10 Å². The van der Waals surface area contributed by atoms with Crippen LogP contribution in [-0.2, 0) is 12.5 Å². The van der Waals surface area contributed by atoms with Crippen molar-refractivity contribution in [3.8, 4) is 0 Å². The Hall–Kier alpha value is -1.13. The molecule has 4 heteroatoms. The summed E-state index contributed by atoms with van der Waals surface area (Å²) in [6.45, 7) is 9.80. The first-order valence-electron chi connectivity index (χ1n) is 6.67. The van der Waals surface area contributed by atoms with Crippen LogP contribution in [-0.4, -0.2) is 16.3 Å². The van der Waals surface area contributed by atoms with E-state index in [1.807, 2.05) is 23.1 Å². The van der Waals surface area contributed by atoms with Gasteiger partial charge in [0.05, 0.1) is 5.69 Å². The third kappa shape index (κ3) is 3.25. The van der Waals surface area contributed by atoms with Gasteiger partial charge < -0.3 is 5.32 Å². The van der Waals surface area contributed by atoms with Crippen LogP contribution in [0.25, 0.3) is 0 Å². The van der Waals surface area contributed by atoms with E-state index in [9.17, 15) is 0 Å². The Labute approximate surface area is 119 Å². The lowest BCUT2D eigenvalue weighted by atomic mass is 9.91. The van der Waals surface area contributed by atoms with E-state index in [1.54, 1.807) is 0 Å². The molecule has 1 unspecified atom stereocenters. The number of nitrogens with zero attached hydrogens (tertiary/aromatic N) is 2. The number of thiophene rings is 1. The summed E-state index contributed by atoms with van der Waals surface area (Å²) in [4.78, 5) is 1.43. The average molecular weight is 277 g/mol. The van der Waals surface area contributed by atoms with Gasteiger partial charge in [0.25, 0.3) is 0 Å². The molecule has 0 saturated carbocycles. The van der Waals surface area contributed by atoms with Crippen LogP contribution in [0.1, 0.15) is 42.9 Å². The molecular formula is C15H23N3S. The molecule has 3 nitrogen and oxygen atoms in total. The van der Waals surface area contributed by atoms with Crippen LogP contribution in [0.2, 0.25) is 0 Å². The van der Waals surface area contributed by atoms with Crippen LogP contribution < -0.4 is 5.32 Å². The van der Waals surface area contributed by atoms with Crippen LogP contribution in [0.3, 0.4) is 0 Å². The lowest BCUT2D eigenvalue weighted by molar-refractivity contribution is 0.440. The quantitative estimate of drug-likeness (QED) is 0.907. The smallest absolute Gasteiger partial charge is 0.0641 e. The summed E-state index contributed by atoms with van der Waals surface area (Å²) in [5, 5.41) is 10.2. The van der Waals surface area contributed by atoms with Gasteiger partial charge >= 0.3 is 0 Å². The largest absolute Gasteiger partial charge is 0.309 e. The number of hydrogen-bond donors (Lipinski definition) is 1. The molecule has 2 heterocycles. The van der Waals surface area contributed by atoms with Crippen LogP contribution >= 0.6 is 11.3 Å². The monoisotopic (exact) mass is 277 g/mol. The molecule has 2 rings (SSSR count). The van der Waals surface area contributed by atoms with Gasteiger partial charge in [0, 0.05) is 41.7 Å². The fraction of sp³-hybridized carbons (Fsp3) is 0.533. The van der Waals surface area contributed by atoms with Gasteiger partial charge in [-0.15, -0.1) is 11.3 Å². The summed E-state index contributed by atoms with van der Waals surface area (Å²) in [6.07, 6.45) is 2.10. The highest BCUT2D eigenvalue weighted by atomic mass is 32.1. The molecule has 2 aromatic heterocycles. The topological polar surface area (TPSA) is 29.9 Å². The van der Waals surface area contributed by atoms with E-state index in [0.717, 1.165) is 12.2 Å². The van der Waals surface area contributed by atoms with Crippen molar-refractivity contribution >= 4 is 11.3 Å². The summed E-state index contributed by atoms with van der Waals surface area (Å²) in [5.41, 5.74) is 2.55. The van der Waals surface area contributed by atoms with Gasteiger partial charge in [0.15, 0.2) is 0 Å². The van der Waals surface area contributed by atoms with Gasteiger partial charge in [-0.3, -0.25) is 4.68 Å². The third-order valence-corrected chi connectivity index (χ3v) is 4.79. The predicted octanol–water partition coefficient (Wildman–Crippen LogP) is 3.42. The molecule has 1 N–H and O–H groups in total. The minimum atomic E-state index is 0.165. The lowest BCUT2D eigenvalue weighted by Crippen LogP contribution is -2.33. The van der Waals surface area contributed by atoms with Gasteiger partial charge in [0.1, 0.15) is 0 Å². The highest BCUT2D eigenvalue weighted by Crippen LogP contribution is 2.27. The average Bonchev–Trinajstić information content (AvgIpc) is 2.96. The Kier molecular flexibility index (Phi) is 4.11. The maximum atomic E-state index is 4.41. The number of hydrogen-bond acceptors (Lipinski definition) is 3. The number of aryl methyl sites for hydroxylation is 2. The van der Waals surface area contributed by atoms with Gasteiger partial charge in [-0.1, -0.05) is 19.9 Å². The summed E-state index contributed by atoms with van der Waals surface area (Å²) >= 11 is 1.83. The predicted molar refractivity (Wildman–Crippen MR) is 81.7 cm³/mol. The summed E-state index contributed by atoms with van der Waals surface area (Å²) in [6, 6.07) is 4.66. The van der Waals surface area contributed by atoms with Crippen molar-refractivity contribution < 1.29 is 0 Å². The highest BCUT2D eigenvalue weighted by molar-refractivity contribution is 7.10. The lowest BCUT2D eigenvalue weighted by Gasteiger charge is -2.26. The van der Waals surface area contributed by atoms with E-state index in [2.05, 4.69) is 61.8 Å².